The molecule has 0 aliphatic rings. The highest BCUT2D eigenvalue weighted by molar-refractivity contribution is 9.10. The van der Waals surface area contributed by atoms with Crippen LogP contribution in [0.2, 0.25) is 5.02 Å². The lowest BCUT2D eigenvalue weighted by molar-refractivity contribution is -0.113. The fourth-order valence-electron chi connectivity index (χ4n) is 2.96. The average molecular weight is 565 g/mol. The van der Waals surface area contributed by atoms with Gasteiger partial charge in [0, 0.05) is 22.5 Å². The number of benzene rings is 2. The normalized spacial score (nSPS) is 11.9. The zero-order chi connectivity index (χ0) is 23.4. The van der Waals surface area contributed by atoms with Gasteiger partial charge in [-0.1, -0.05) is 63.6 Å². The minimum atomic E-state index is -0.363. The second-order valence-electron chi connectivity index (χ2n) is 6.97. The van der Waals surface area contributed by atoms with Crippen molar-refractivity contribution in [1.29, 1.82) is 0 Å². The zero-order valence-corrected chi connectivity index (χ0v) is 21.6. The van der Waals surface area contributed by atoms with Gasteiger partial charge < -0.3 is 14.6 Å². The van der Waals surface area contributed by atoms with Crippen molar-refractivity contribution in [3.05, 3.63) is 69.2 Å². The maximum Gasteiger partial charge on any atom is 0.236 e. The molecule has 2 aromatic carbocycles. The summed E-state index contributed by atoms with van der Waals surface area (Å²) < 4.78 is 8.74. The monoisotopic (exact) mass is 563 g/mol. The van der Waals surface area contributed by atoms with Crippen molar-refractivity contribution in [2.45, 2.75) is 18.2 Å². The molecular weight excluding hydrogens is 546 g/mol. The smallest absolute Gasteiger partial charge is 0.236 e. The van der Waals surface area contributed by atoms with E-state index in [1.54, 1.807) is 12.1 Å². The molecule has 0 radical (unpaired) electrons. The van der Waals surface area contributed by atoms with Gasteiger partial charge in [0.1, 0.15) is 5.75 Å². The highest BCUT2D eigenvalue weighted by atomic mass is 79.9. The van der Waals surface area contributed by atoms with Crippen LogP contribution in [0.5, 0.6) is 5.75 Å². The Morgan fingerprint density at radius 2 is 2.00 bits per heavy atom. The van der Waals surface area contributed by atoms with E-state index in [1.165, 1.54) is 23.1 Å². The van der Waals surface area contributed by atoms with Crippen molar-refractivity contribution in [3.8, 4) is 17.0 Å². The van der Waals surface area contributed by atoms with Crippen LogP contribution >= 0.6 is 50.6 Å². The number of carbonyl (C=O) groups is 1. The summed E-state index contributed by atoms with van der Waals surface area (Å²) in [4.78, 5) is 16.9. The number of thioether (sulfide) groups is 1. The highest BCUT2D eigenvalue weighted by Gasteiger charge is 2.19. The van der Waals surface area contributed by atoms with Crippen molar-refractivity contribution in [3.63, 3.8) is 0 Å². The topological polar surface area (TPSA) is 81.9 Å². The molecule has 4 rings (SSSR count). The van der Waals surface area contributed by atoms with E-state index in [0.717, 1.165) is 15.7 Å². The van der Waals surface area contributed by atoms with E-state index in [1.807, 2.05) is 60.3 Å². The van der Waals surface area contributed by atoms with Gasteiger partial charge in [0.2, 0.25) is 5.91 Å². The van der Waals surface area contributed by atoms with Gasteiger partial charge in [0.25, 0.3) is 0 Å². The molecule has 0 saturated carbocycles. The molecule has 0 bridgehead atoms. The van der Waals surface area contributed by atoms with Gasteiger partial charge in [0.05, 0.1) is 16.5 Å². The Hall–Kier alpha value is -2.40. The summed E-state index contributed by atoms with van der Waals surface area (Å²) >= 11 is 12.3. The molecule has 7 nitrogen and oxygen atoms in total. The number of aromatic nitrogens is 4. The molecule has 0 aliphatic heterocycles. The van der Waals surface area contributed by atoms with Crippen LogP contribution in [0.1, 0.15) is 18.9 Å². The van der Waals surface area contributed by atoms with Gasteiger partial charge in [-0.15, -0.1) is 21.5 Å². The van der Waals surface area contributed by atoms with E-state index in [0.29, 0.717) is 26.9 Å². The number of para-hydroxylation sites is 1. The predicted molar refractivity (Wildman–Crippen MR) is 136 cm³/mol. The molecule has 2 heterocycles. The van der Waals surface area contributed by atoms with Crippen LogP contribution in [-0.4, -0.2) is 31.4 Å². The van der Waals surface area contributed by atoms with E-state index >= 15 is 0 Å². The van der Waals surface area contributed by atoms with Crippen molar-refractivity contribution in [1.82, 2.24) is 19.7 Å². The fraction of sp³-hybridized carbons (Fsp3) is 0.182. The van der Waals surface area contributed by atoms with E-state index in [-0.39, 0.29) is 17.8 Å². The van der Waals surface area contributed by atoms with Gasteiger partial charge in [-0.3, -0.25) is 4.79 Å². The number of nitrogens with one attached hydrogen (secondary N) is 1. The third kappa shape index (κ3) is 5.94. The molecule has 1 unspecified atom stereocenters. The highest BCUT2D eigenvalue weighted by Crippen LogP contribution is 2.29. The summed E-state index contributed by atoms with van der Waals surface area (Å²) in [6, 6.07) is 15.1. The first-order valence-corrected chi connectivity index (χ1v) is 12.9. The second kappa shape index (κ2) is 10.7. The molecule has 4 aromatic rings. The Balaban J connectivity index is 1.33. The third-order valence-corrected chi connectivity index (χ3v) is 7.21. The minimum absolute atomic E-state index is 0.165. The second-order valence-corrected chi connectivity index (χ2v) is 10.1. The Morgan fingerprint density at radius 1 is 1.24 bits per heavy atom. The Bertz CT molecular complexity index is 1260. The maximum absolute atomic E-state index is 12.4. The van der Waals surface area contributed by atoms with Crippen LogP contribution in [0.25, 0.3) is 11.3 Å². The summed E-state index contributed by atoms with van der Waals surface area (Å²) in [6.45, 7) is 1.87. The number of hydrogen-bond donors (Lipinski definition) is 1. The van der Waals surface area contributed by atoms with E-state index in [2.05, 4.69) is 36.4 Å². The van der Waals surface area contributed by atoms with Crippen LogP contribution in [0, 0.1) is 0 Å². The van der Waals surface area contributed by atoms with Crippen LogP contribution in [0.4, 0.5) is 5.13 Å². The number of amides is 1. The number of rotatable bonds is 8. The van der Waals surface area contributed by atoms with Crippen molar-refractivity contribution in [2.75, 3.05) is 11.1 Å². The summed E-state index contributed by atoms with van der Waals surface area (Å²) in [5.41, 5.74) is 1.81. The molecular formula is C22H19BrClN5O2S2. The maximum atomic E-state index is 12.4. The molecule has 0 aliphatic carbocycles. The van der Waals surface area contributed by atoms with Gasteiger partial charge in [0.15, 0.2) is 22.2 Å². The number of anilines is 1. The summed E-state index contributed by atoms with van der Waals surface area (Å²) in [5, 5.41) is 14.9. The number of carbonyl (C=O) groups excluding carboxylic acids is 1. The van der Waals surface area contributed by atoms with Crippen LogP contribution in [0.3, 0.4) is 0 Å². The average Bonchev–Trinajstić information content (AvgIpc) is 3.41. The van der Waals surface area contributed by atoms with Crippen molar-refractivity contribution >= 4 is 61.7 Å². The first-order chi connectivity index (χ1) is 15.9. The van der Waals surface area contributed by atoms with Gasteiger partial charge in [-0.2, -0.15) is 0 Å². The van der Waals surface area contributed by atoms with Crippen LogP contribution in [-0.2, 0) is 11.8 Å². The number of halogens is 2. The van der Waals surface area contributed by atoms with E-state index in [4.69, 9.17) is 16.3 Å². The molecule has 0 saturated heterocycles. The van der Waals surface area contributed by atoms with Gasteiger partial charge in [-0.25, -0.2) is 4.98 Å². The predicted octanol–water partition coefficient (Wildman–Crippen LogP) is 6.23. The lowest BCUT2D eigenvalue weighted by atomic mass is 10.2. The number of hydrogen-bond acceptors (Lipinski definition) is 7. The lowest BCUT2D eigenvalue weighted by Gasteiger charge is -2.15. The van der Waals surface area contributed by atoms with Crippen LogP contribution in [0.15, 0.2) is 63.5 Å². The first-order valence-electron chi connectivity index (χ1n) is 9.85. The minimum Gasteiger partial charge on any atom is -0.481 e. The third-order valence-electron chi connectivity index (χ3n) is 4.60. The molecule has 170 valence electrons. The Kier molecular flexibility index (Phi) is 7.69. The van der Waals surface area contributed by atoms with Crippen LogP contribution < -0.4 is 10.1 Å². The van der Waals surface area contributed by atoms with E-state index < -0.39 is 0 Å². The largest absolute Gasteiger partial charge is 0.481 e. The fourth-order valence-corrected chi connectivity index (χ4v) is 4.86. The Morgan fingerprint density at radius 3 is 2.76 bits per heavy atom. The molecule has 1 amide bonds. The molecule has 2 aromatic heterocycles. The molecule has 11 heteroatoms. The summed E-state index contributed by atoms with van der Waals surface area (Å²) in [5.74, 6) is 1.23. The SMILES string of the molecule is CC(Oc1ccccc1Cl)c1nnc(SCC(=O)Nc2nc(-c3ccc(Br)cc3)cs2)n1C. The lowest BCUT2D eigenvalue weighted by Crippen LogP contribution is -2.14. The quantitative estimate of drug-likeness (QED) is 0.256. The molecule has 33 heavy (non-hydrogen) atoms. The molecule has 1 N–H and O–H groups in total. The molecule has 0 fully saturated rings. The van der Waals surface area contributed by atoms with Gasteiger partial charge >= 0.3 is 0 Å². The van der Waals surface area contributed by atoms with Gasteiger partial charge in [-0.05, 0) is 31.2 Å². The number of thiazole rings is 1. The molecule has 0 spiro atoms. The van der Waals surface area contributed by atoms with Crippen molar-refractivity contribution < 1.29 is 9.53 Å². The first kappa shape index (κ1) is 23.7. The van der Waals surface area contributed by atoms with E-state index in [9.17, 15) is 4.79 Å². The molecule has 1 atom stereocenters. The zero-order valence-electron chi connectivity index (χ0n) is 17.7. The van der Waals surface area contributed by atoms with Crippen molar-refractivity contribution in [2.24, 2.45) is 7.05 Å². The number of nitrogens with zero attached hydrogens (tertiary/aromatic N) is 4. The Labute approximate surface area is 212 Å². The summed E-state index contributed by atoms with van der Waals surface area (Å²) in [7, 11) is 1.84. The standard InChI is InChI=1S/C22H19BrClN5O2S2/c1-13(31-18-6-4-3-5-16(18)24)20-27-28-22(29(20)2)33-12-19(30)26-21-25-17(11-32-21)14-7-9-15(23)10-8-14/h3-11,13H,12H2,1-2H3,(H,25,26,30). The summed E-state index contributed by atoms with van der Waals surface area (Å²) in [6.07, 6.45) is -0.363. The number of ether oxygens (including phenoxy) is 1.